The molecule has 0 spiro atoms. The first-order valence-electron chi connectivity index (χ1n) is 8.64. The number of carbonyl (C=O) groups excluding carboxylic acids is 1. The lowest BCUT2D eigenvalue weighted by molar-refractivity contribution is 0.102. The number of hydrogen-bond acceptors (Lipinski definition) is 4. The fourth-order valence-electron chi connectivity index (χ4n) is 2.79. The summed E-state index contributed by atoms with van der Waals surface area (Å²) in [7, 11) is 0. The molecule has 138 valence electrons. The zero-order chi connectivity index (χ0) is 19.3. The average Bonchev–Trinajstić information content (AvgIpc) is 3.23. The molecule has 4 rings (SSSR count). The molecule has 0 aliphatic carbocycles. The quantitative estimate of drug-likeness (QED) is 0.433. The number of anilines is 1. The second-order valence-electron chi connectivity index (χ2n) is 6.16. The zero-order valence-electron chi connectivity index (χ0n) is 14.8. The van der Waals surface area contributed by atoms with Crippen LogP contribution in [0.15, 0.2) is 79.3 Å². The smallest absolute Gasteiger partial charge is 0.255 e. The van der Waals surface area contributed by atoms with Crippen molar-refractivity contribution in [2.75, 3.05) is 5.32 Å². The van der Waals surface area contributed by atoms with Gasteiger partial charge in [-0.25, -0.2) is 4.68 Å². The number of hydrogen-bond donors (Lipinski definition) is 1. The first-order chi connectivity index (χ1) is 13.7. The van der Waals surface area contributed by atoms with E-state index in [9.17, 15) is 4.79 Å². The van der Waals surface area contributed by atoms with Crippen LogP contribution in [0, 0.1) is 3.57 Å². The second kappa shape index (κ2) is 8.30. The lowest BCUT2D eigenvalue weighted by atomic mass is 10.1. The monoisotopic (exact) mass is 481 g/mol. The molecule has 4 aromatic rings. The average molecular weight is 481 g/mol. The van der Waals surface area contributed by atoms with Crippen LogP contribution in [-0.2, 0) is 6.54 Å². The van der Waals surface area contributed by atoms with E-state index in [1.807, 2.05) is 60.7 Å². The van der Waals surface area contributed by atoms with Gasteiger partial charge in [-0.05, 0) is 70.6 Å². The van der Waals surface area contributed by atoms with Crippen LogP contribution >= 0.6 is 22.6 Å². The summed E-state index contributed by atoms with van der Waals surface area (Å²) >= 11 is 2.27. The number of benzene rings is 2. The van der Waals surface area contributed by atoms with E-state index in [1.54, 1.807) is 23.3 Å². The molecule has 2 aromatic heterocycles. The Balaban J connectivity index is 1.49. The third-order valence-corrected chi connectivity index (χ3v) is 5.14. The van der Waals surface area contributed by atoms with Crippen molar-refractivity contribution in [3.05, 3.63) is 94.0 Å². The Bertz CT molecular complexity index is 1080. The second-order valence-corrected chi connectivity index (χ2v) is 7.32. The summed E-state index contributed by atoms with van der Waals surface area (Å²) in [5.74, 6) is -0.152. The molecule has 1 amide bonds. The molecule has 28 heavy (non-hydrogen) atoms. The topological polar surface area (TPSA) is 72.7 Å². The van der Waals surface area contributed by atoms with Crippen molar-refractivity contribution >= 4 is 34.2 Å². The molecule has 0 fully saturated rings. The zero-order valence-corrected chi connectivity index (χ0v) is 16.9. The predicted molar refractivity (Wildman–Crippen MR) is 116 cm³/mol. The van der Waals surface area contributed by atoms with Crippen LogP contribution in [0.4, 0.5) is 5.69 Å². The number of aromatic nitrogens is 4. The number of amides is 1. The molecule has 7 heteroatoms. The van der Waals surface area contributed by atoms with Gasteiger partial charge in [0.05, 0.1) is 18.4 Å². The van der Waals surface area contributed by atoms with Crippen molar-refractivity contribution in [3.8, 4) is 11.3 Å². The third-order valence-electron chi connectivity index (χ3n) is 4.20. The summed E-state index contributed by atoms with van der Waals surface area (Å²) in [5, 5.41) is 10.7. The Morgan fingerprint density at radius 2 is 1.89 bits per heavy atom. The molecular weight excluding hydrogens is 465 g/mol. The molecule has 0 saturated carbocycles. The number of rotatable bonds is 5. The first kappa shape index (κ1) is 18.3. The van der Waals surface area contributed by atoms with Gasteiger partial charge < -0.3 is 5.32 Å². The molecule has 0 radical (unpaired) electrons. The summed E-state index contributed by atoms with van der Waals surface area (Å²) < 4.78 is 2.81. The Morgan fingerprint density at radius 1 is 1.04 bits per heavy atom. The van der Waals surface area contributed by atoms with Crippen molar-refractivity contribution in [2.24, 2.45) is 0 Å². The first-order valence-corrected chi connectivity index (χ1v) is 9.72. The molecule has 0 unspecified atom stereocenters. The molecule has 0 bridgehead atoms. The molecule has 0 atom stereocenters. The highest BCUT2D eigenvalue weighted by Gasteiger charge is 2.10. The maximum Gasteiger partial charge on any atom is 0.255 e. The summed E-state index contributed by atoms with van der Waals surface area (Å²) in [5.41, 5.74) is 4.24. The Kier molecular flexibility index (Phi) is 5.43. The number of nitrogens with zero attached hydrogens (tertiary/aromatic N) is 4. The van der Waals surface area contributed by atoms with Gasteiger partial charge in [-0.3, -0.25) is 9.78 Å². The minimum atomic E-state index is -0.152. The maximum atomic E-state index is 12.6. The van der Waals surface area contributed by atoms with Gasteiger partial charge in [0.25, 0.3) is 5.91 Å². The van der Waals surface area contributed by atoms with Crippen LogP contribution in [0.3, 0.4) is 0 Å². The fourth-order valence-corrected chi connectivity index (χ4v) is 3.40. The summed E-state index contributed by atoms with van der Waals surface area (Å²) in [6.45, 7) is 0.618. The van der Waals surface area contributed by atoms with Crippen LogP contribution in [-0.4, -0.2) is 25.9 Å². The van der Waals surface area contributed by atoms with Gasteiger partial charge in [0, 0.05) is 32.8 Å². The van der Waals surface area contributed by atoms with Gasteiger partial charge in [-0.15, -0.1) is 5.10 Å². The van der Waals surface area contributed by atoms with Crippen LogP contribution in [0.25, 0.3) is 11.3 Å². The highest BCUT2D eigenvalue weighted by Crippen LogP contribution is 2.27. The van der Waals surface area contributed by atoms with E-state index in [0.717, 1.165) is 26.1 Å². The highest BCUT2D eigenvalue weighted by molar-refractivity contribution is 14.1. The van der Waals surface area contributed by atoms with Crippen LogP contribution in [0.5, 0.6) is 0 Å². The fraction of sp³-hybridized carbons (Fsp3) is 0.0476. The van der Waals surface area contributed by atoms with Gasteiger partial charge in [0.2, 0.25) is 0 Å². The Hall–Kier alpha value is -3.07. The normalized spacial score (nSPS) is 10.6. The van der Waals surface area contributed by atoms with Gasteiger partial charge in [0.1, 0.15) is 0 Å². The molecule has 2 heterocycles. The summed E-state index contributed by atoms with van der Waals surface area (Å²) in [4.78, 5) is 17.0. The molecule has 0 aliphatic heterocycles. The number of pyridine rings is 1. The van der Waals surface area contributed by atoms with Crippen molar-refractivity contribution in [3.63, 3.8) is 0 Å². The number of nitrogens with one attached hydrogen (secondary N) is 1. The lowest BCUT2D eigenvalue weighted by Gasteiger charge is -2.10. The maximum absolute atomic E-state index is 12.6. The largest absolute Gasteiger partial charge is 0.322 e. The van der Waals surface area contributed by atoms with E-state index in [-0.39, 0.29) is 5.91 Å². The molecular formula is C21H16IN5O. The van der Waals surface area contributed by atoms with E-state index >= 15 is 0 Å². The van der Waals surface area contributed by atoms with E-state index in [0.29, 0.717) is 12.1 Å². The Labute approximate surface area is 175 Å². The van der Waals surface area contributed by atoms with Crippen LogP contribution in [0.1, 0.15) is 15.9 Å². The van der Waals surface area contributed by atoms with Gasteiger partial charge >= 0.3 is 0 Å². The van der Waals surface area contributed by atoms with E-state index in [4.69, 9.17) is 0 Å². The minimum Gasteiger partial charge on any atom is -0.322 e. The molecule has 1 N–H and O–H groups in total. The molecule has 6 nitrogen and oxygen atoms in total. The SMILES string of the molecule is O=C(Nc1ccc(I)c(-c2ccccn2)c1)c1ccc(Cn2ccnn2)cc1. The highest BCUT2D eigenvalue weighted by atomic mass is 127. The van der Waals surface area contributed by atoms with Crippen molar-refractivity contribution in [1.29, 1.82) is 0 Å². The van der Waals surface area contributed by atoms with Gasteiger partial charge in [-0.1, -0.05) is 23.4 Å². The standard InChI is InChI=1S/C21H16IN5O/c22-19-9-8-17(13-18(19)20-3-1-2-10-23-20)25-21(28)16-6-4-15(5-7-16)14-27-12-11-24-26-27/h1-13H,14H2,(H,25,28). The minimum absolute atomic E-state index is 0.152. The van der Waals surface area contributed by atoms with E-state index in [2.05, 4.69) is 43.2 Å². The van der Waals surface area contributed by atoms with Crippen molar-refractivity contribution in [1.82, 2.24) is 20.0 Å². The summed E-state index contributed by atoms with van der Waals surface area (Å²) in [6, 6.07) is 19.1. The number of carbonyl (C=O) groups is 1. The van der Waals surface area contributed by atoms with Crippen LogP contribution in [0.2, 0.25) is 0 Å². The summed E-state index contributed by atoms with van der Waals surface area (Å²) in [6.07, 6.45) is 5.20. The Morgan fingerprint density at radius 3 is 2.61 bits per heavy atom. The van der Waals surface area contributed by atoms with E-state index in [1.165, 1.54) is 0 Å². The van der Waals surface area contributed by atoms with Crippen molar-refractivity contribution < 1.29 is 4.79 Å². The predicted octanol–water partition coefficient (Wildman–Crippen LogP) is 4.25. The molecule has 0 aliphatic rings. The molecule has 2 aromatic carbocycles. The van der Waals surface area contributed by atoms with Gasteiger partial charge in [-0.2, -0.15) is 0 Å². The van der Waals surface area contributed by atoms with Crippen LogP contribution < -0.4 is 5.32 Å². The lowest BCUT2D eigenvalue weighted by Crippen LogP contribution is -2.12. The van der Waals surface area contributed by atoms with Gasteiger partial charge in [0.15, 0.2) is 0 Å². The van der Waals surface area contributed by atoms with E-state index < -0.39 is 0 Å². The van der Waals surface area contributed by atoms with Crippen molar-refractivity contribution in [2.45, 2.75) is 6.54 Å². The third kappa shape index (κ3) is 4.25. The molecule has 0 saturated heterocycles. The number of halogens is 1.